The lowest BCUT2D eigenvalue weighted by Crippen LogP contribution is -2.20. The van der Waals surface area contributed by atoms with Crippen molar-refractivity contribution in [2.45, 2.75) is 26.1 Å². The van der Waals surface area contributed by atoms with Crippen LogP contribution in [-0.2, 0) is 6.61 Å². The van der Waals surface area contributed by atoms with Crippen LogP contribution in [-0.4, -0.2) is 16.2 Å². The maximum absolute atomic E-state index is 8.95. The Morgan fingerprint density at radius 2 is 2.33 bits per heavy atom. The number of thiocarbonyl (C=S) groups is 1. The second-order valence-electron chi connectivity index (χ2n) is 3.40. The van der Waals surface area contributed by atoms with Crippen LogP contribution in [0.4, 0.5) is 0 Å². The van der Waals surface area contributed by atoms with Gasteiger partial charge < -0.3 is 15.6 Å². The minimum absolute atomic E-state index is 0.0148. The summed E-state index contributed by atoms with van der Waals surface area (Å²) >= 11 is 4.79. The zero-order valence-corrected chi connectivity index (χ0v) is 9.46. The van der Waals surface area contributed by atoms with Gasteiger partial charge in [0, 0.05) is 6.42 Å². The smallest absolute Gasteiger partial charge is 0.120 e. The van der Waals surface area contributed by atoms with Crippen molar-refractivity contribution < 1.29 is 9.84 Å². The van der Waals surface area contributed by atoms with Gasteiger partial charge in [0.25, 0.3) is 0 Å². The van der Waals surface area contributed by atoms with E-state index in [0.717, 1.165) is 11.3 Å². The molecule has 15 heavy (non-hydrogen) atoms. The predicted octanol–water partition coefficient (Wildman–Crippen LogP) is 1.62. The van der Waals surface area contributed by atoms with Crippen molar-refractivity contribution in [3.8, 4) is 5.75 Å². The Balaban J connectivity index is 2.59. The summed E-state index contributed by atoms with van der Waals surface area (Å²) in [6, 6.07) is 7.32. The van der Waals surface area contributed by atoms with E-state index in [-0.39, 0.29) is 12.7 Å². The first-order chi connectivity index (χ1) is 7.11. The Hall–Kier alpha value is -1.13. The van der Waals surface area contributed by atoms with Crippen LogP contribution in [0.1, 0.15) is 18.9 Å². The molecule has 1 aromatic carbocycles. The summed E-state index contributed by atoms with van der Waals surface area (Å²) in [4.78, 5) is 0.445. The highest BCUT2D eigenvalue weighted by atomic mass is 32.1. The first kappa shape index (κ1) is 11.9. The number of nitrogens with two attached hydrogens (primary N) is 1. The summed E-state index contributed by atoms with van der Waals surface area (Å²) in [7, 11) is 0. The molecule has 3 nitrogen and oxygen atoms in total. The Labute approximate surface area is 94.9 Å². The van der Waals surface area contributed by atoms with Crippen molar-refractivity contribution >= 4 is 17.2 Å². The number of hydrogen-bond donors (Lipinski definition) is 2. The van der Waals surface area contributed by atoms with Crippen LogP contribution in [0.25, 0.3) is 0 Å². The van der Waals surface area contributed by atoms with Gasteiger partial charge in [0.15, 0.2) is 0 Å². The maximum Gasteiger partial charge on any atom is 0.120 e. The van der Waals surface area contributed by atoms with Gasteiger partial charge in [0.2, 0.25) is 0 Å². The molecule has 0 aliphatic heterocycles. The Morgan fingerprint density at radius 3 is 2.93 bits per heavy atom. The van der Waals surface area contributed by atoms with Gasteiger partial charge in [0.1, 0.15) is 11.9 Å². The molecule has 0 fully saturated rings. The van der Waals surface area contributed by atoms with Gasteiger partial charge in [-0.25, -0.2) is 0 Å². The van der Waals surface area contributed by atoms with E-state index in [4.69, 9.17) is 27.8 Å². The summed E-state index contributed by atoms with van der Waals surface area (Å²) in [6.45, 7) is 1.92. The molecule has 0 saturated carbocycles. The maximum atomic E-state index is 8.95. The lowest BCUT2D eigenvalue weighted by atomic mass is 10.2. The zero-order chi connectivity index (χ0) is 11.3. The molecule has 1 unspecified atom stereocenters. The molecule has 1 atom stereocenters. The van der Waals surface area contributed by atoms with Crippen molar-refractivity contribution in [1.29, 1.82) is 0 Å². The first-order valence-corrected chi connectivity index (χ1v) is 5.17. The number of rotatable bonds is 5. The van der Waals surface area contributed by atoms with E-state index >= 15 is 0 Å². The van der Waals surface area contributed by atoms with E-state index in [2.05, 4.69) is 0 Å². The molecule has 3 N–H and O–H groups in total. The summed E-state index contributed by atoms with van der Waals surface area (Å²) in [5.41, 5.74) is 6.24. The Bertz CT molecular complexity index is 341. The number of ether oxygens (including phenoxy) is 1. The molecule has 0 amide bonds. The standard InChI is InChI=1S/C11H15NO2S/c1-8(5-11(12)15)14-10-4-2-3-9(6-10)7-13/h2-4,6,8,13H,5,7H2,1H3,(H2,12,15). The lowest BCUT2D eigenvalue weighted by Gasteiger charge is -2.14. The Kier molecular flexibility index (Phi) is 4.52. The molecule has 1 aromatic rings. The van der Waals surface area contributed by atoms with E-state index in [0.29, 0.717) is 11.4 Å². The second kappa shape index (κ2) is 5.68. The van der Waals surface area contributed by atoms with E-state index in [1.54, 1.807) is 6.07 Å². The summed E-state index contributed by atoms with van der Waals surface area (Å²) < 4.78 is 5.59. The van der Waals surface area contributed by atoms with Crippen molar-refractivity contribution in [2.75, 3.05) is 0 Å². The summed E-state index contributed by atoms with van der Waals surface area (Å²) in [5, 5.41) is 8.95. The molecule has 0 heterocycles. The average Bonchev–Trinajstić information content (AvgIpc) is 2.16. The highest BCUT2D eigenvalue weighted by Gasteiger charge is 2.05. The van der Waals surface area contributed by atoms with Crippen LogP contribution < -0.4 is 10.5 Å². The van der Waals surface area contributed by atoms with Gasteiger partial charge in [-0.15, -0.1) is 0 Å². The monoisotopic (exact) mass is 225 g/mol. The normalized spacial score (nSPS) is 12.1. The largest absolute Gasteiger partial charge is 0.490 e. The Morgan fingerprint density at radius 1 is 1.60 bits per heavy atom. The number of aliphatic hydroxyl groups is 1. The van der Waals surface area contributed by atoms with Crippen molar-refractivity contribution in [2.24, 2.45) is 5.73 Å². The van der Waals surface area contributed by atoms with Crippen molar-refractivity contribution in [1.82, 2.24) is 0 Å². The highest BCUT2D eigenvalue weighted by molar-refractivity contribution is 7.80. The fourth-order valence-corrected chi connectivity index (χ4v) is 1.51. The van der Waals surface area contributed by atoms with E-state index < -0.39 is 0 Å². The number of aliphatic hydroxyl groups excluding tert-OH is 1. The number of hydrogen-bond acceptors (Lipinski definition) is 3. The fourth-order valence-electron chi connectivity index (χ4n) is 1.27. The van der Waals surface area contributed by atoms with Gasteiger partial charge >= 0.3 is 0 Å². The zero-order valence-electron chi connectivity index (χ0n) is 8.64. The van der Waals surface area contributed by atoms with Crippen LogP contribution in [0.5, 0.6) is 5.75 Å². The van der Waals surface area contributed by atoms with Crippen LogP contribution in [0.3, 0.4) is 0 Å². The minimum Gasteiger partial charge on any atom is -0.490 e. The van der Waals surface area contributed by atoms with Gasteiger partial charge in [0.05, 0.1) is 11.6 Å². The van der Waals surface area contributed by atoms with Gasteiger partial charge in [-0.05, 0) is 24.6 Å². The van der Waals surface area contributed by atoms with Crippen LogP contribution in [0.15, 0.2) is 24.3 Å². The third-order valence-corrected chi connectivity index (χ3v) is 2.07. The van der Waals surface area contributed by atoms with Crippen molar-refractivity contribution in [3.05, 3.63) is 29.8 Å². The molecule has 82 valence electrons. The molecule has 0 aromatic heterocycles. The molecular formula is C11H15NO2S. The van der Waals surface area contributed by atoms with E-state index in [1.165, 1.54) is 0 Å². The van der Waals surface area contributed by atoms with Crippen LogP contribution in [0, 0.1) is 0 Å². The molecule has 0 aliphatic carbocycles. The summed E-state index contributed by atoms with van der Waals surface area (Å²) in [5.74, 6) is 0.727. The fraction of sp³-hybridized carbons (Fsp3) is 0.364. The molecular weight excluding hydrogens is 210 g/mol. The number of benzene rings is 1. The molecule has 4 heteroatoms. The summed E-state index contributed by atoms with van der Waals surface area (Å²) in [6.07, 6.45) is 0.509. The van der Waals surface area contributed by atoms with E-state index in [9.17, 15) is 0 Å². The van der Waals surface area contributed by atoms with Gasteiger partial charge in [-0.1, -0.05) is 24.4 Å². The predicted molar refractivity (Wildman–Crippen MR) is 63.9 cm³/mol. The molecule has 0 spiro atoms. The second-order valence-corrected chi connectivity index (χ2v) is 3.93. The quantitative estimate of drug-likeness (QED) is 0.748. The minimum atomic E-state index is -0.0450. The van der Waals surface area contributed by atoms with E-state index in [1.807, 2.05) is 25.1 Å². The lowest BCUT2D eigenvalue weighted by molar-refractivity contribution is 0.228. The topological polar surface area (TPSA) is 55.5 Å². The molecule has 0 saturated heterocycles. The average molecular weight is 225 g/mol. The molecule has 0 bridgehead atoms. The highest BCUT2D eigenvalue weighted by Crippen LogP contribution is 2.15. The molecule has 0 aliphatic rings. The van der Waals surface area contributed by atoms with Crippen LogP contribution >= 0.6 is 12.2 Å². The SMILES string of the molecule is CC(CC(N)=S)Oc1cccc(CO)c1. The van der Waals surface area contributed by atoms with Gasteiger partial charge in [-0.2, -0.15) is 0 Å². The molecule has 0 radical (unpaired) electrons. The molecule has 1 rings (SSSR count). The third-order valence-electron chi connectivity index (χ3n) is 1.91. The third kappa shape index (κ3) is 4.27. The first-order valence-electron chi connectivity index (χ1n) is 4.76. The van der Waals surface area contributed by atoms with Crippen LogP contribution in [0.2, 0.25) is 0 Å². The van der Waals surface area contributed by atoms with Gasteiger partial charge in [-0.3, -0.25) is 0 Å². The van der Waals surface area contributed by atoms with Crippen molar-refractivity contribution in [3.63, 3.8) is 0 Å².